The van der Waals surface area contributed by atoms with E-state index in [9.17, 15) is 17.6 Å². The van der Waals surface area contributed by atoms with Gasteiger partial charge in [0.25, 0.3) is 0 Å². The summed E-state index contributed by atoms with van der Waals surface area (Å²) in [7, 11) is 0. The van der Waals surface area contributed by atoms with Crippen molar-refractivity contribution < 1.29 is 22.0 Å². The van der Waals surface area contributed by atoms with Crippen LogP contribution in [0.3, 0.4) is 0 Å². The predicted octanol–water partition coefficient (Wildman–Crippen LogP) is 6.24. The lowest BCUT2D eigenvalue weighted by atomic mass is 9.79. The molecule has 1 saturated carbocycles. The van der Waals surface area contributed by atoms with Crippen LogP contribution >= 0.6 is 0 Å². The number of anilines is 4. The number of hydrogen-bond acceptors (Lipinski definition) is 8. The third-order valence-corrected chi connectivity index (χ3v) is 6.73. The van der Waals surface area contributed by atoms with Gasteiger partial charge in [-0.3, -0.25) is 5.41 Å². The number of halogens is 5. The van der Waals surface area contributed by atoms with Crippen LogP contribution in [0, 0.1) is 28.5 Å². The van der Waals surface area contributed by atoms with Crippen LogP contribution in [-0.2, 0) is 0 Å². The van der Waals surface area contributed by atoms with E-state index in [0.717, 1.165) is 23.3 Å². The van der Waals surface area contributed by atoms with E-state index in [2.05, 4.69) is 58.8 Å². The maximum atomic E-state index is 15.1. The van der Waals surface area contributed by atoms with E-state index in [1.165, 1.54) is 0 Å². The van der Waals surface area contributed by atoms with Crippen molar-refractivity contribution in [2.75, 3.05) is 15.6 Å². The van der Waals surface area contributed by atoms with Crippen LogP contribution in [-0.4, -0.2) is 39.6 Å². The van der Waals surface area contributed by atoms with Crippen LogP contribution in [0.2, 0.25) is 0 Å². The lowest BCUT2D eigenvalue weighted by Gasteiger charge is -2.46. The average molecular weight is 540 g/mol. The lowest BCUT2D eigenvalue weighted by Crippen LogP contribution is -2.60. The van der Waals surface area contributed by atoms with E-state index < -0.39 is 29.6 Å². The van der Waals surface area contributed by atoms with Crippen LogP contribution in [0.4, 0.5) is 45.1 Å². The zero-order chi connectivity index (χ0) is 28.0. The quantitative estimate of drug-likeness (QED) is 0.0889. The van der Waals surface area contributed by atoms with Gasteiger partial charge in [-0.2, -0.15) is 23.7 Å². The molecule has 1 aromatic heterocycles. The first-order valence-electron chi connectivity index (χ1n) is 12.1. The second-order valence-electron chi connectivity index (χ2n) is 11.1. The topological polar surface area (TPSA) is 125 Å². The summed E-state index contributed by atoms with van der Waals surface area (Å²) in [4.78, 5) is 8.04. The van der Waals surface area contributed by atoms with Gasteiger partial charge in [0, 0.05) is 17.1 Å². The molecule has 0 spiro atoms. The Bertz CT molecular complexity index is 1210. The van der Waals surface area contributed by atoms with Gasteiger partial charge in [0.15, 0.2) is 11.6 Å². The Morgan fingerprint density at radius 1 is 1.13 bits per heavy atom. The fourth-order valence-corrected chi connectivity index (χ4v) is 5.49. The summed E-state index contributed by atoms with van der Waals surface area (Å²) in [5.41, 5.74) is 6.56. The average Bonchev–Trinajstić information content (AvgIpc) is 3.58. The molecule has 2 fully saturated rings. The Kier molecular flexibility index (Phi) is 7.06. The van der Waals surface area contributed by atoms with Crippen LogP contribution in [0.25, 0.3) is 0 Å². The number of alkyl halides is 3. The first-order valence-corrected chi connectivity index (χ1v) is 12.1. The van der Waals surface area contributed by atoms with Crippen molar-refractivity contribution in [2.45, 2.75) is 76.2 Å². The van der Waals surface area contributed by atoms with Gasteiger partial charge in [-0.05, 0) is 70.6 Å². The molecular weight excluding hydrogens is 509 g/mol. The third-order valence-electron chi connectivity index (χ3n) is 6.73. The Hall–Kier alpha value is -3.42. The van der Waals surface area contributed by atoms with Crippen molar-refractivity contribution in [3.8, 4) is 0 Å². The Morgan fingerprint density at radius 2 is 1.79 bits per heavy atom. The summed E-state index contributed by atoms with van der Waals surface area (Å²) in [5, 5.41) is 20.6. The number of aromatic nitrogens is 2. The van der Waals surface area contributed by atoms with Gasteiger partial charge in [0.1, 0.15) is 12.2 Å². The molecule has 4 rings (SSSR count). The summed E-state index contributed by atoms with van der Waals surface area (Å²) < 4.78 is 69.2. The second-order valence-corrected chi connectivity index (χ2v) is 11.1. The number of nitrogens with one attached hydrogen (secondary N) is 5. The van der Waals surface area contributed by atoms with Gasteiger partial charge >= 0.3 is 6.18 Å². The van der Waals surface area contributed by atoms with E-state index >= 15 is 4.39 Å². The summed E-state index contributed by atoms with van der Waals surface area (Å²) in [6.45, 7) is 8.20. The molecule has 2 heterocycles. The van der Waals surface area contributed by atoms with Crippen LogP contribution in [0.5, 0.6) is 0 Å². The van der Waals surface area contributed by atoms with Crippen LogP contribution in [0.15, 0.2) is 23.6 Å². The molecule has 9 nitrogen and oxygen atoms in total. The van der Waals surface area contributed by atoms with E-state index in [4.69, 9.17) is 10.9 Å². The van der Waals surface area contributed by atoms with Gasteiger partial charge in [-0.15, -0.1) is 0 Å². The number of nitrogens with zero attached hydrogens (tertiary/aromatic N) is 4. The summed E-state index contributed by atoms with van der Waals surface area (Å²) in [5.74, 6) is -4.48. The SMILES string of the molecule is CC1(C)CC(Nc2nc(Nc3cc(N(C=N)N=N)c([C@H]4C[C@@H]4C(F)(F)F)cc3F)ncc2F)CC(C)(C)N1. The smallest absolute Gasteiger partial charge is 0.365 e. The summed E-state index contributed by atoms with van der Waals surface area (Å²) >= 11 is 0. The molecule has 0 radical (unpaired) electrons. The van der Waals surface area contributed by atoms with Crippen molar-refractivity contribution in [1.29, 1.82) is 10.9 Å². The van der Waals surface area contributed by atoms with Gasteiger partial charge < -0.3 is 16.0 Å². The largest absolute Gasteiger partial charge is 0.392 e. The second kappa shape index (κ2) is 9.71. The van der Waals surface area contributed by atoms with Gasteiger partial charge in [0.2, 0.25) is 5.95 Å². The van der Waals surface area contributed by atoms with Gasteiger partial charge in [0.05, 0.1) is 23.5 Å². The molecule has 0 unspecified atom stereocenters. The van der Waals surface area contributed by atoms with Crippen LogP contribution < -0.4 is 21.0 Å². The minimum absolute atomic E-state index is 0.0200. The molecule has 0 amide bonds. The van der Waals surface area contributed by atoms with Crippen molar-refractivity contribution in [3.63, 3.8) is 0 Å². The normalized spacial score (nSPS) is 22.4. The minimum atomic E-state index is -4.45. The first kappa shape index (κ1) is 27.6. The fraction of sp³-hybridized carbons (Fsp3) is 0.542. The monoisotopic (exact) mass is 539 g/mol. The predicted molar refractivity (Wildman–Crippen MR) is 133 cm³/mol. The van der Waals surface area contributed by atoms with Crippen molar-refractivity contribution in [1.82, 2.24) is 15.3 Å². The number of hydrogen-bond donors (Lipinski definition) is 5. The summed E-state index contributed by atoms with van der Waals surface area (Å²) in [6.07, 6.45) is -1.73. The standard InChI is InChI=1S/C24H30F5N9/c1-22(2)8-12(9-23(3,4)36-22)33-20-17(26)10-32-21(35-20)34-18-7-19(38(11-30)37-31)14(6-16(18)25)13-5-15(13)24(27,28)29/h6-7,10-13,15,30-31,36H,5,8-9H2,1-4H3,(H2,32,33,34,35)/t13-,15+/m1/s1. The molecule has 2 aliphatic rings. The van der Waals surface area contributed by atoms with E-state index in [0.29, 0.717) is 19.2 Å². The van der Waals surface area contributed by atoms with E-state index in [1.807, 2.05) is 0 Å². The highest BCUT2D eigenvalue weighted by Gasteiger charge is 2.57. The zero-order valence-corrected chi connectivity index (χ0v) is 21.3. The molecule has 206 valence electrons. The molecule has 2 aromatic rings. The maximum Gasteiger partial charge on any atom is 0.392 e. The lowest BCUT2D eigenvalue weighted by molar-refractivity contribution is -0.148. The Morgan fingerprint density at radius 3 is 2.34 bits per heavy atom. The van der Waals surface area contributed by atoms with E-state index in [1.54, 1.807) is 0 Å². The fourth-order valence-electron chi connectivity index (χ4n) is 5.49. The minimum Gasteiger partial charge on any atom is -0.365 e. The van der Waals surface area contributed by atoms with Gasteiger partial charge in [-0.1, -0.05) is 5.22 Å². The Balaban J connectivity index is 1.61. The zero-order valence-electron chi connectivity index (χ0n) is 21.3. The molecule has 5 N–H and O–H groups in total. The molecule has 1 aliphatic heterocycles. The number of benzene rings is 1. The first-order chi connectivity index (χ1) is 17.6. The molecular formula is C24H30F5N9. The molecule has 1 aliphatic carbocycles. The van der Waals surface area contributed by atoms with E-state index in [-0.39, 0.29) is 52.2 Å². The molecule has 2 atom stereocenters. The van der Waals surface area contributed by atoms with Crippen molar-refractivity contribution in [2.24, 2.45) is 11.1 Å². The summed E-state index contributed by atoms with van der Waals surface area (Å²) in [6, 6.07) is 1.95. The third kappa shape index (κ3) is 6.00. The van der Waals surface area contributed by atoms with Gasteiger partial charge in [-0.25, -0.2) is 18.8 Å². The number of rotatable bonds is 8. The molecule has 38 heavy (non-hydrogen) atoms. The highest BCUT2D eigenvalue weighted by Crippen LogP contribution is 2.58. The highest BCUT2D eigenvalue weighted by atomic mass is 19.4. The number of piperidine rings is 1. The molecule has 14 heteroatoms. The molecule has 1 aromatic carbocycles. The van der Waals surface area contributed by atoms with Crippen LogP contribution in [0.1, 0.15) is 58.4 Å². The molecule has 1 saturated heterocycles. The maximum absolute atomic E-state index is 15.1. The Labute approximate surface area is 216 Å². The highest BCUT2D eigenvalue weighted by molar-refractivity contribution is 5.81. The van der Waals surface area contributed by atoms with Crippen molar-refractivity contribution >= 4 is 29.5 Å². The van der Waals surface area contributed by atoms with Crippen molar-refractivity contribution in [3.05, 3.63) is 35.5 Å². The molecule has 0 bridgehead atoms.